The largest absolute Gasteiger partial charge is 0.421 e. The van der Waals surface area contributed by atoms with Crippen LogP contribution in [0.3, 0.4) is 0 Å². The van der Waals surface area contributed by atoms with E-state index in [1.54, 1.807) is 54.9 Å². The van der Waals surface area contributed by atoms with E-state index >= 15 is 4.39 Å². The fraction of sp³-hybridized carbons (Fsp3) is 0.138. The van der Waals surface area contributed by atoms with E-state index in [9.17, 15) is 4.79 Å². The van der Waals surface area contributed by atoms with Crippen molar-refractivity contribution in [1.29, 1.82) is 0 Å². The number of aromatic nitrogens is 5. The van der Waals surface area contributed by atoms with Gasteiger partial charge in [-0.25, -0.2) is 24.3 Å². The highest BCUT2D eigenvalue weighted by atomic mass is 19.1. The maximum Gasteiger partial charge on any atom is 0.322 e. The molecule has 39 heavy (non-hydrogen) atoms. The van der Waals surface area contributed by atoms with Crippen LogP contribution < -0.4 is 15.8 Å². The van der Waals surface area contributed by atoms with Crippen molar-refractivity contribution in [3.63, 3.8) is 0 Å². The average molecular weight is 528 g/mol. The maximum atomic E-state index is 15.4. The minimum absolute atomic E-state index is 0.0155. The van der Waals surface area contributed by atoms with Crippen molar-refractivity contribution in [1.82, 2.24) is 24.5 Å². The molecule has 196 valence electrons. The lowest BCUT2D eigenvalue weighted by Crippen LogP contribution is -2.13. The number of anilines is 2. The van der Waals surface area contributed by atoms with E-state index in [0.717, 1.165) is 6.92 Å². The summed E-state index contributed by atoms with van der Waals surface area (Å²) in [6.07, 6.45) is 0.684. The minimum atomic E-state index is -2.18. The van der Waals surface area contributed by atoms with Gasteiger partial charge in [-0.1, -0.05) is 31.7 Å². The van der Waals surface area contributed by atoms with E-state index in [1.807, 2.05) is 0 Å². The van der Waals surface area contributed by atoms with Crippen molar-refractivity contribution in [2.45, 2.75) is 20.2 Å². The van der Waals surface area contributed by atoms with Crippen molar-refractivity contribution >= 4 is 28.4 Å². The van der Waals surface area contributed by atoms with Crippen LogP contribution in [0.5, 0.6) is 11.8 Å². The molecule has 0 radical (unpaired) electrons. The molecule has 5 rings (SSSR count). The van der Waals surface area contributed by atoms with Gasteiger partial charge in [0.25, 0.3) is 5.91 Å². The fourth-order valence-corrected chi connectivity index (χ4v) is 4.23. The molecule has 0 fully saturated rings. The zero-order chi connectivity index (χ0) is 31.1. The van der Waals surface area contributed by atoms with E-state index < -0.39 is 30.2 Å². The Morgan fingerprint density at radius 2 is 1.95 bits per heavy atom. The highest BCUT2D eigenvalue weighted by molar-refractivity contribution is 6.08. The number of ether oxygens (including phenoxy) is 1. The summed E-state index contributed by atoms with van der Waals surface area (Å²) in [4.78, 5) is 29.4. The van der Waals surface area contributed by atoms with Crippen LogP contribution in [0.15, 0.2) is 73.2 Å². The molecule has 3 aromatic heterocycles. The van der Waals surface area contributed by atoms with Crippen LogP contribution in [0.25, 0.3) is 33.4 Å². The van der Waals surface area contributed by atoms with Gasteiger partial charge in [-0.3, -0.25) is 4.79 Å². The first kappa shape index (κ1) is 20.9. The molecule has 1 amide bonds. The molecular weight excluding hydrogens is 497 g/mol. The maximum absolute atomic E-state index is 15.4. The number of nitrogens with two attached hydrogens (primary N) is 1. The lowest BCUT2D eigenvalue weighted by Gasteiger charge is -2.12. The zero-order valence-corrected chi connectivity index (χ0v) is 21.3. The standard InChI is InChI=1S/C29H26FN7O2/c1-5-16(2)28(38)36-20-9-6-18(7-10-20)25-23(24-26(31)33-15-34-27(24)37(25)4)19-8-11-22(21(30)14-19)39-29-32-13-12-17(3)35-29/h6-15H,2,5H2,1,3-4H3,(H,36,38)(H2,31,33,34)/i2D2,5D2. The molecule has 0 atom stereocenters. The van der Waals surface area contributed by atoms with Crippen LogP contribution in [-0.4, -0.2) is 30.4 Å². The first-order valence-electron chi connectivity index (χ1n) is 13.8. The summed E-state index contributed by atoms with van der Waals surface area (Å²) in [5, 5.41) is 3.06. The number of nitrogens with one attached hydrogen (secondary N) is 1. The molecule has 0 unspecified atom stereocenters. The average Bonchev–Trinajstić information content (AvgIpc) is 3.22. The number of nitrogens with zero attached hydrogens (tertiary/aromatic N) is 5. The molecule has 0 saturated heterocycles. The molecule has 0 saturated carbocycles. The Labute approximate surface area is 229 Å². The number of halogens is 1. The number of hydrogen-bond donors (Lipinski definition) is 2. The number of amides is 1. The second-order valence-electron chi connectivity index (χ2n) is 8.62. The lowest BCUT2D eigenvalue weighted by molar-refractivity contribution is -0.112. The van der Waals surface area contributed by atoms with Gasteiger partial charge in [0.1, 0.15) is 17.8 Å². The van der Waals surface area contributed by atoms with E-state index in [2.05, 4.69) is 25.3 Å². The molecule has 3 N–H and O–H groups in total. The Kier molecular flexibility index (Phi) is 5.53. The number of nitrogen functional groups attached to an aromatic ring is 1. The quantitative estimate of drug-likeness (QED) is 0.256. The highest BCUT2D eigenvalue weighted by Crippen LogP contribution is 2.42. The molecule has 0 bridgehead atoms. The van der Waals surface area contributed by atoms with Gasteiger partial charge in [0, 0.05) is 38.5 Å². The summed E-state index contributed by atoms with van der Waals surface area (Å²) in [6, 6.07) is 12.8. The van der Waals surface area contributed by atoms with Gasteiger partial charge >= 0.3 is 6.01 Å². The van der Waals surface area contributed by atoms with Crippen molar-refractivity contribution in [3.8, 4) is 34.1 Å². The molecule has 10 heteroatoms. The first-order valence-corrected chi connectivity index (χ1v) is 11.8. The van der Waals surface area contributed by atoms with Crippen molar-refractivity contribution in [3.05, 3.63) is 84.7 Å². The molecule has 0 aliphatic rings. The Hall–Kier alpha value is -5.12. The number of carbonyl (C=O) groups excluding carboxylic acids is 1. The van der Waals surface area contributed by atoms with Crippen LogP contribution in [0.2, 0.25) is 0 Å². The molecule has 0 aliphatic carbocycles. The number of aryl methyl sites for hydroxylation is 2. The minimum Gasteiger partial charge on any atom is -0.421 e. The summed E-state index contributed by atoms with van der Waals surface area (Å²) in [7, 11) is 1.79. The molecule has 3 heterocycles. The molecule has 9 nitrogen and oxygen atoms in total. The first-order chi connectivity index (χ1) is 20.3. The van der Waals surface area contributed by atoms with Gasteiger partial charge in [-0.15, -0.1) is 0 Å². The second kappa shape index (κ2) is 10.3. The number of rotatable bonds is 7. The van der Waals surface area contributed by atoms with Crippen LogP contribution in [0.4, 0.5) is 15.9 Å². The Morgan fingerprint density at radius 1 is 1.18 bits per heavy atom. The fourth-order valence-electron chi connectivity index (χ4n) is 4.23. The van der Waals surface area contributed by atoms with Crippen LogP contribution >= 0.6 is 0 Å². The van der Waals surface area contributed by atoms with Crippen LogP contribution in [-0.2, 0) is 11.8 Å². The monoisotopic (exact) mass is 527 g/mol. The predicted octanol–water partition coefficient (Wildman–Crippen LogP) is 5.82. The van der Waals surface area contributed by atoms with Crippen molar-refractivity contribution in [2.24, 2.45) is 7.05 Å². The summed E-state index contributed by atoms with van der Waals surface area (Å²) in [6.45, 7) is 1.98. The molecular formula is C29H26FN7O2. The third-order valence-corrected chi connectivity index (χ3v) is 6.08. The number of benzene rings is 2. The highest BCUT2D eigenvalue weighted by Gasteiger charge is 2.23. The van der Waals surface area contributed by atoms with Gasteiger partial charge in [0.05, 0.1) is 13.8 Å². The predicted molar refractivity (Wildman–Crippen MR) is 149 cm³/mol. The van der Waals surface area contributed by atoms with E-state index in [-0.39, 0.29) is 17.6 Å². The van der Waals surface area contributed by atoms with Crippen LogP contribution in [0.1, 0.15) is 24.5 Å². The van der Waals surface area contributed by atoms with Crippen molar-refractivity contribution in [2.75, 3.05) is 11.1 Å². The SMILES string of the molecule is [2H]C([2H])=C(C(=O)Nc1ccc(-c2c(-c3ccc(Oc4nccc(C)n4)c(F)c3)c3c(N)ncnc3n2C)cc1)C([2H])([2H])C. The van der Waals surface area contributed by atoms with E-state index in [1.165, 1.54) is 24.7 Å². The normalized spacial score (nSPS) is 12.7. The third-order valence-electron chi connectivity index (χ3n) is 6.08. The second-order valence-corrected chi connectivity index (χ2v) is 8.62. The molecule has 0 spiro atoms. The Morgan fingerprint density at radius 3 is 2.64 bits per heavy atom. The Balaban J connectivity index is 1.56. The van der Waals surface area contributed by atoms with Gasteiger partial charge < -0.3 is 20.4 Å². The van der Waals surface area contributed by atoms with Gasteiger partial charge in [0.15, 0.2) is 11.6 Å². The zero-order valence-electron chi connectivity index (χ0n) is 25.3. The molecule has 0 aliphatic heterocycles. The van der Waals surface area contributed by atoms with Gasteiger partial charge in [-0.2, -0.15) is 0 Å². The summed E-state index contributed by atoms with van der Waals surface area (Å²) < 4.78 is 53.4. The third kappa shape index (κ3) is 4.91. The molecule has 5 aromatic rings. The van der Waals surface area contributed by atoms with Crippen molar-refractivity contribution < 1.29 is 19.4 Å². The molecule has 2 aromatic carbocycles. The smallest absolute Gasteiger partial charge is 0.322 e. The Bertz CT molecular complexity index is 1900. The number of carbonyl (C=O) groups is 1. The number of hydrogen-bond acceptors (Lipinski definition) is 7. The van der Waals surface area contributed by atoms with E-state index in [4.69, 9.17) is 16.0 Å². The summed E-state index contributed by atoms with van der Waals surface area (Å²) >= 11 is 0. The van der Waals surface area contributed by atoms with Crippen LogP contribution in [0, 0.1) is 12.7 Å². The number of fused-ring (bicyclic) bond motifs is 1. The lowest BCUT2D eigenvalue weighted by atomic mass is 9.98. The van der Waals surface area contributed by atoms with Gasteiger partial charge in [-0.05, 0) is 54.8 Å². The van der Waals surface area contributed by atoms with E-state index in [0.29, 0.717) is 44.8 Å². The summed E-state index contributed by atoms with van der Waals surface area (Å²) in [5.41, 5.74) is 9.57. The van der Waals surface area contributed by atoms with Gasteiger partial charge in [0.2, 0.25) is 0 Å². The summed E-state index contributed by atoms with van der Waals surface area (Å²) in [5.74, 6) is -1.40. The topological polar surface area (TPSA) is 121 Å².